The summed E-state index contributed by atoms with van der Waals surface area (Å²) in [6.45, 7) is 2.76. The van der Waals surface area contributed by atoms with Gasteiger partial charge in [-0.1, -0.05) is 29.8 Å². The summed E-state index contributed by atoms with van der Waals surface area (Å²) in [6, 6.07) is 7.90. The average Bonchev–Trinajstić information content (AvgIpc) is 2.62. The van der Waals surface area contributed by atoms with E-state index in [9.17, 15) is 19.5 Å². The SMILES string of the molecule is CC(C)(SCl)C(Cl)(C(=O)O)N1CC(NC(=O)COc2ccccc2)C1=O. The quantitative estimate of drug-likeness (QED) is 0.379. The highest BCUT2D eigenvalue weighted by molar-refractivity contribution is 8.22. The first-order valence-electron chi connectivity index (χ1n) is 7.64. The van der Waals surface area contributed by atoms with E-state index in [0.29, 0.717) is 5.75 Å². The Balaban J connectivity index is 1.95. The van der Waals surface area contributed by atoms with Crippen molar-refractivity contribution in [1.29, 1.82) is 0 Å². The molecule has 0 radical (unpaired) electrons. The first-order valence-corrected chi connectivity index (χ1v) is 9.66. The van der Waals surface area contributed by atoms with Gasteiger partial charge in [-0.2, -0.15) is 0 Å². The molecule has 1 fully saturated rings. The Morgan fingerprint density at radius 1 is 1.38 bits per heavy atom. The van der Waals surface area contributed by atoms with Crippen molar-refractivity contribution in [2.24, 2.45) is 0 Å². The number of halogens is 2. The van der Waals surface area contributed by atoms with E-state index in [1.54, 1.807) is 24.3 Å². The second kappa shape index (κ2) is 7.94. The molecular weight excluding hydrogens is 403 g/mol. The molecule has 26 heavy (non-hydrogen) atoms. The lowest BCUT2D eigenvalue weighted by Crippen LogP contribution is -2.75. The monoisotopic (exact) mass is 420 g/mol. The number of nitrogens with zero attached hydrogens (tertiary/aromatic N) is 1. The van der Waals surface area contributed by atoms with Crippen LogP contribution in [0.5, 0.6) is 5.75 Å². The molecule has 0 saturated carbocycles. The molecule has 0 aliphatic carbocycles. The lowest BCUT2D eigenvalue weighted by Gasteiger charge is -2.51. The van der Waals surface area contributed by atoms with Crippen LogP contribution in [0.4, 0.5) is 0 Å². The topological polar surface area (TPSA) is 95.9 Å². The summed E-state index contributed by atoms with van der Waals surface area (Å²) in [5.41, 5.74) is 0. The third-order valence-electron chi connectivity index (χ3n) is 4.02. The highest BCUT2D eigenvalue weighted by Gasteiger charge is 2.61. The molecule has 1 aliphatic heterocycles. The number of hydrogen-bond acceptors (Lipinski definition) is 5. The molecule has 0 aromatic heterocycles. The highest BCUT2D eigenvalue weighted by atomic mass is 35.7. The van der Waals surface area contributed by atoms with Crippen LogP contribution in [0.25, 0.3) is 0 Å². The molecule has 1 heterocycles. The number of alkyl halides is 1. The van der Waals surface area contributed by atoms with Gasteiger partial charge in [-0.25, -0.2) is 4.79 Å². The van der Waals surface area contributed by atoms with Crippen LogP contribution in [0, 0.1) is 0 Å². The van der Waals surface area contributed by atoms with Crippen molar-refractivity contribution in [3.05, 3.63) is 30.3 Å². The van der Waals surface area contributed by atoms with Gasteiger partial charge in [0.05, 0.1) is 11.3 Å². The summed E-state index contributed by atoms with van der Waals surface area (Å²) in [6.07, 6.45) is 0. The molecule has 1 saturated heterocycles. The van der Waals surface area contributed by atoms with E-state index in [0.717, 1.165) is 15.9 Å². The molecular formula is C16H18Cl2N2O5S. The maximum atomic E-state index is 12.4. The smallest absolute Gasteiger partial charge is 0.346 e. The zero-order valence-corrected chi connectivity index (χ0v) is 16.4. The van der Waals surface area contributed by atoms with Crippen LogP contribution in [0.15, 0.2) is 30.3 Å². The van der Waals surface area contributed by atoms with Gasteiger partial charge in [0, 0.05) is 0 Å². The molecule has 0 bridgehead atoms. The molecule has 2 N–H and O–H groups in total. The zero-order valence-electron chi connectivity index (χ0n) is 14.1. The number of carbonyl (C=O) groups excluding carboxylic acids is 2. The van der Waals surface area contributed by atoms with Crippen molar-refractivity contribution < 1.29 is 24.2 Å². The molecule has 2 rings (SSSR count). The van der Waals surface area contributed by atoms with Crippen molar-refractivity contribution in [1.82, 2.24) is 10.2 Å². The number of carboxylic acid groups (broad SMARTS) is 1. The number of benzene rings is 1. The van der Waals surface area contributed by atoms with Crippen molar-refractivity contribution in [2.75, 3.05) is 13.2 Å². The summed E-state index contributed by atoms with van der Waals surface area (Å²) in [5, 5.41) is 12.0. The minimum atomic E-state index is -2.03. The Hall–Kier alpha value is -1.64. The summed E-state index contributed by atoms with van der Waals surface area (Å²) in [7, 11) is 6.48. The molecule has 2 atom stereocenters. The minimum absolute atomic E-state index is 0.0351. The Labute approximate surface area is 164 Å². The Morgan fingerprint density at radius 2 is 2.00 bits per heavy atom. The Morgan fingerprint density at radius 3 is 2.50 bits per heavy atom. The fraction of sp³-hybridized carbons (Fsp3) is 0.438. The average molecular weight is 421 g/mol. The molecule has 7 nitrogen and oxygen atoms in total. The fourth-order valence-electron chi connectivity index (χ4n) is 2.46. The van der Waals surface area contributed by atoms with Crippen LogP contribution >= 0.6 is 33.3 Å². The van der Waals surface area contributed by atoms with E-state index in [1.807, 2.05) is 6.07 Å². The van der Waals surface area contributed by atoms with Gasteiger partial charge in [-0.05, 0) is 47.6 Å². The van der Waals surface area contributed by atoms with Gasteiger partial charge in [0.1, 0.15) is 11.8 Å². The second-order valence-corrected chi connectivity index (χ2v) is 8.37. The van der Waals surface area contributed by atoms with Gasteiger partial charge in [0.15, 0.2) is 6.61 Å². The molecule has 1 aromatic rings. The Kier molecular flexibility index (Phi) is 6.31. The fourth-order valence-corrected chi connectivity index (χ4v) is 3.48. The van der Waals surface area contributed by atoms with E-state index in [2.05, 4.69) is 5.32 Å². The Bertz CT molecular complexity index is 703. The van der Waals surface area contributed by atoms with E-state index in [4.69, 9.17) is 27.0 Å². The molecule has 10 heteroatoms. The van der Waals surface area contributed by atoms with Gasteiger partial charge >= 0.3 is 5.97 Å². The predicted molar refractivity (Wildman–Crippen MR) is 99.3 cm³/mol. The number of hydrogen-bond donors (Lipinski definition) is 2. The molecule has 2 unspecified atom stereocenters. The van der Waals surface area contributed by atoms with Crippen molar-refractivity contribution in [3.8, 4) is 5.75 Å². The maximum absolute atomic E-state index is 12.4. The van der Waals surface area contributed by atoms with E-state index in [1.165, 1.54) is 13.8 Å². The number of ether oxygens (including phenoxy) is 1. The van der Waals surface area contributed by atoms with Crippen LogP contribution in [-0.2, 0) is 14.4 Å². The number of β-lactam (4-membered cyclic amide) rings is 1. The summed E-state index contributed by atoms with van der Waals surface area (Å²) >= 11 is 6.27. The largest absolute Gasteiger partial charge is 0.484 e. The first kappa shape index (κ1) is 20.7. The van der Waals surface area contributed by atoms with E-state index >= 15 is 0 Å². The highest BCUT2D eigenvalue weighted by Crippen LogP contribution is 2.46. The number of aliphatic carboxylic acids is 1. The zero-order chi connectivity index (χ0) is 19.5. The normalized spacial score (nSPS) is 19.3. The number of likely N-dealkylation sites (tertiary alicyclic amines) is 1. The summed E-state index contributed by atoms with van der Waals surface area (Å²) in [4.78, 5) is 34.9. The molecule has 1 aromatic carbocycles. The second-order valence-electron chi connectivity index (χ2n) is 6.19. The van der Waals surface area contributed by atoms with Crippen molar-refractivity contribution >= 4 is 51.0 Å². The van der Waals surface area contributed by atoms with Gasteiger partial charge in [0.2, 0.25) is 10.9 Å². The van der Waals surface area contributed by atoms with Gasteiger partial charge in [0.25, 0.3) is 5.91 Å². The summed E-state index contributed by atoms with van der Waals surface area (Å²) in [5.74, 6) is -1.94. The van der Waals surface area contributed by atoms with Crippen LogP contribution < -0.4 is 10.1 Å². The van der Waals surface area contributed by atoms with Crippen LogP contribution in [-0.4, -0.2) is 56.7 Å². The third-order valence-corrected chi connectivity index (χ3v) is 6.81. The molecule has 2 amide bonds. The molecule has 1 aliphatic rings. The number of amides is 2. The molecule has 0 spiro atoms. The van der Waals surface area contributed by atoms with Crippen LogP contribution in [0.1, 0.15) is 13.8 Å². The minimum Gasteiger partial charge on any atom is -0.484 e. The number of rotatable bonds is 8. The van der Waals surface area contributed by atoms with E-state index < -0.39 is 33.6 Å². The van der Waals surface area contributed by atoms with Crippen LogP contribution in [0.3, 0.4) is 0 Å². The van der Waals surface area contributed by atoms with Crippen LogP contribution in [0.2, 0.25) is 0 Å². The maximum Gasteiger partial charge on any atom is 0.346 e. The third kappa shape index (κ3) is 3.87. The predicted octanol–water partition coefficient (Wildman–Crippen LogP) is 2.08. The lowest BCUT2D eigenvalue weighted by atomic mass is 9.94. The van der Waals surface area contributed by atoms with E-state index in [-0.39, 0.29) is 13.2 Å². The number of carbonyl (C=O) groups is 3. The summed E-state index contributed by atoms with van der Waals surface area (Å²) < 4.78 is 4.13. The number of carboxylic acids is 1. The van der Waals surface area contributed by atoms with Gasteiger partial charge in [-0.15, -0.1) is 0 Å². The molecule has 142 valence electrons. The lowest BCUT2D eigenvalue weighted by molar-refractivity contribution is -0.164. The number of nitrogens with one attached hydrogen (secondary N) is 1. The van der Waals surface area contributed by atoms with Gasteiger partial charge in [-0.3, -0.25) is 9.59 Å². The van der Waals surface area contributed by atoms with Gasteiger partial charge < -0.3 is 20.1 Å². The number of para-hydroxylation sites is 1. The van der Waals surface area contributed by atoms with Crippen molar-refractivity contribution in [2.45, 2.75) is 29.6 Å². The van der Waals surface area contributed by atoms with Crippen molar-refractivity contribution in [3.63, 3.8) is 0 Å². The first-order chi connectivity index (χ1) is 12.1. The standard InChI is InChI=1S/C16H18Cl2N2O5S/c1-15(2,26-18)16(17,14(23)24)20-8-11(13(20)22)19-12(21)9-25-10-6-4-3-5-7-10/h3-7,11H,8-9H2,1-2H3,(H,19,21)(H,23,24).